The average molecular weight is 408 g/mol. The highest BCUT2D eigenvalue weighted by molar-refractivity contribution is 5.95. The Bertz CT molecular complexity index is 998. The zero-order valence-electron chi connectivity index (χ0n) is 17.8. The van der Waals surface area contributed by atoms with Gasteiger partial charge in [-0.3, -0.25) is 4.79 Å². The third-order valence-corrected chi connectivity index (χ3v) is 6.21. The molecule has 0 unspecified atom stereocenters. The van der Waals surface area contributed by atoms with Gasteiger partial charge in [-0.1, -0.05) is 42.0 Å². The fourth-order valence-electron chi connectivity index (χ4n) is 4.48. The summed E-state index contributed by atoms with van der Waals surface area (Å²) in [7, 11) is 0. The number of piperidine rings is 1. The molecular formula is C25H29NO4. The molecule has 1 aromatic carbocycles. The van der Waals surface area contributed by atoms with Gasteiger partial charge in [0.2, 0.25) is 0 Å². The number of hydrogen-bond donors (Lipinski definition) is 0. The molecule has 5 nitrogen and oxygen atoms in total. The van der Waals surface area contributed by atoms with Crippen LogP contribution in [-0.4, -0.2) is 36.1 Å². The van der Waals surface area contributed by atoms with E-state index in [0.717, 1.165) is 32.3 Å². The molecule has 0 radical (unpaired) electrons. The van der Waals surface area contributed by atoms with Gasteiger partial charge in [0.15, 0.2) is 0 Å². The molecule has 1 amide bonds. The van der Waals surface area contributed by atoms with Crippen molar-refractivity contribution in [3.05, 3.63) is 80.9 Å². The molecule has 0 saturated carbocycles. The van der Waals surface area contributed by atoms with Crippen LogP contribution >= 0.6 is 0 Å². The lowest BCUT2D eigenvalue weighted by molar-refractivity contribution is -0.0522. The first kappa shape index (κ1) is 20.6. The fraction of sp³-hybridized carbons (Fsp3) is 0.440. The second-order valence-corrected chi connectivity index (χ2v) is 8.49. The summed E-state index contributed by atoms with van der Waals surface area (Å²) in [6.07, 6.45) is 6.13. The first-order chi connectivity index (χ1) is 14.5. The average Bonchev–Trinajstić information content (AvgIpc) is 2.73. The zero-order valence-corrected chi connectivity index (χ0v) is 17.8. The number of ether oxygens (including phenoxy) is 1. The van der Waals surface area contributed by atoms with E-state index in [1.54, 1.807) is 4.90 Å². The second-order valence-electron chi connectivity index (χ2n) is 8.49. The molecule has 4 rings (SSSR count). The Kier molecular flexibility index (Phi) is 5.91. The SMILES string of the molecule is CC1=CC2(CCN(C(=O)c3c(C)cc(CCc4ccccc4)oc3=O)CC2)OCC1. The van der Waals surface area contributed by atoms with Gasteiger partial charge >= 0.3 is 5.63 Å². The molecule has 3 heterocycles. The van der Waals surface area contributed by atoms with Crippen molar-refractivity contribution >= 4 is 5.91 Å². The number of hydrogen-bond acceptors (Lipinski definition) is 4. The number of benzene rings is 1. The third-order valence-electron chi connectivity index (χ3n) is 6.21. The molecule has 0 bridgehead atoms. The summed E-state index contributed by atoms with van der Waals surface area (Å²) in [5.74, 6) is 0.383. The molecule has 2 aliphatic heterocycles. The quantitative estimate of drug-likeness (QED) is 0.717. The summed E-state index contributed by atoms with van der Waals surface area (Å²) in [5, 5.41) is 0. The lowest BCUT2D eigenvalue weighted by Crippen LogP contribution is -2.49. The highest BCUT2D eigenvalue weighted by atomic mass is 16.5. The Balaban J connectivity index is 1.44. The molecule has 0 aliphatic carbocycles. The normalized spacial score (nSPS) is 18.3. The Labute approximate surface area is 177 Å². The summed E-state index contributed by atoms with van der Waals surface area (Å²) >= 11 is 0. The van der Waals surface area contributed by atoms with Crippen LogP contribution in [-0.2, 0) is 17.6 Å². The van der Waals surface area contributed by atoms with Gasteiger partial charge in [-0.15, -0.1) is 0 Å². The van der Waals surface area contributed by atoms with Crippen LogP contribution in [0.3, 0.4) is 0 Å². The minimum absolute atomic E-state index is 0.158. The van der Waals surface area contributed by atoms with E-state index in [0.29, 0.717) is 30.8 Å². The van der Waals surface area contributed by atoms with Crippen molar-refractivity contribution in [3.8, 4) is 0 Å². The summed E-state index contributed by atoms with van der Waals surface area (Å²) in [5.41, 5.74) is 2.60. The first-order valence-electron chi connectivity index (χ1n) is 10.7. The Morgan fingerprint density at radius 2 is 1.83 bits per heavy atom. The highest BCUT2D eigenvalue weighted by Gasteiger charge is 2.37. The van der Waals surface area contributed by atoms with E-state index in [9.17, 15) is 9.59 Å². The lowest BCUT2D eigenvalue weighted by atomic mass is 9.86. The van der Waals surface area contributed by atoms with Gasteiger partial charge in [0, 0.05) is 19.5 Å². The monoisotopic (exact) mass is 407 g/mol. The molecule has 0 N–H and O–H groups in total. The van der Waals surface area contributed by atoms with Gasteiger partial charge in [0.1, 0.15) is 11.3 Å². The van der Waals surface area contributed by atoms with Crippen LogP contribution in [0.4, 0.5) is 0 Å². The van der Waals surface area contributed by atoms with Crippen LogP contribution in [0.25, 0.3) is 0 Å². The maximum Gasteiger partial charge on any atom is 0.349 e. The van der Waals surface area contributed by atoms with E-state index in [1.807, 2.05) is 31.2 Å². The number of rotatable bonds is 4. The molecule has 1 saturated heterocycles. The molecular weight excluding hydrogens is 378 g/mol. The van der Waals surface area contributed by atoms with Gasteiger partial charge in [-0.25, -0.2) is 4.79 Å². The van der Waals surface area contributed by atoms with Crippen molar-refractivity contribution in [2.75, 3.05) is 19.7 Å². The number of nitrogens with zero attached hydrogens (tertiary/aromatic N) is 1. The van der Waals surface area contributed by atoms with Gasteiger partial charge in [-0.2, -0.15) is 0 Å². The number of carbonyl (C=O) groups excluding carboxylic acids is 1. The van der Waals surface area contributed by atoms with E-state index in [4.69, 9.17) is 9.15 Å². The van der Waals surface area contributed by atoms with Crippen molar-refractivity contribution in [2.45, 2.75) is 51.6 Å². The van der Waals surface area contributed by atoms with Crippen LogP contribution in [0.15, 0.2) is 57.3 Å². The summed E-state index contributed by atoms with van der Waals surface area (Å²) in [4.78, 5) is 27.5. The summed E-state index contributed by atoms with van der Waals surface area (Å²) in [6.45, 7) is 5.85. The van der Waals surface area contributed by atoms with Crippen LogP contribution in [0.1, 0.15) is 53.4 Å². The highest BCUT2D eigenvalue weighted by Crippen LogP contribution is 2.33. The van der Waals surface area contributed by atoms with Crippen molar-refractivity contribution in [3.63, 3.8) is 0 Å². The lowest BCUT2D eigenvalue weighted by Gasteiger charge is -2.42. The van der Waals surface area contributed by atoms with Gasteiger partial charge in [0.05, 0.1) is 12.2 Å². The maximum atomic E-state index is 13.1. The molecule has 1 fully saturated rings. The van der Waals surface area contributed by atoms with E-state index in [2.05, 4.69) is 25.1 Å². The van der Waals surface area contributed by atoms with Gasteiger partial charge in [0.25, 0.3) is 5.91 Å². The Morgan fingerprint density at radius 3 is 2.50 bits per heavy atom. The minimum atomic E-state index is -0.534. The van der Waals surface area contributed by atoms with Crippen LogP contribution in [0.5, 0.6) is 0 Å². The molecule has 5 heteroatoms. The second kappa shape index (κ2) is 8.60. The van der Waals surface area contributed by atoms with Crippen LogP contribution in [0, 0.1) is 6.92 Å². The van der Waals surface area contributed by atoms with E-state index in [1.165, 1.54) is 11.1 Å². The molecule has 2 aliphatic rings. The fourth-order valence-corrected chi connectivity index (χ4v) is 4.48. The minimum Gasteiger partial charge on any atom is -0.427 e. The Morgan fingerprint density at radius 1 is 1.10 bits per heavy atom. The number of carbonyl (C=O) groups is 1. The molecule has 2 aromatic rings. The van der Waals surface area contributed by atoms with Crippen molar-refractivity contribution < 1.29 is 13.9 Å². The summed E-state index contributed by atoms with van der Waals surface area (Å²) in [6, 6.07) is 11.9. The summed E-state index contributed by atoms with van der Waals surface area (Å²) < 4.78 is 11.6. The number of amides is 1. The zero-order chi connectivity index (χ0) is 21.1. The maximum absolute atomic E-state index is 13.1. The van der Waals surface area contributed by atoms with Gasteiger partial charge < -0.3 is 14.1 Å². The molecule has 158 valence electrons. The topological polar surface area (TPSA) is 59.8 Å². The predicted octanol–water partition coefficient (Wildman–Crippen LogP) is 4.07. The van der Waals surface area contributed by atoms with Crippen molar-refractivity contribution in [2.24, 2.45) is 0 Å². The van der Waals surface area contributed by atoms with E-state index < -0.39 is 5.63 Å². The molecule has 1 aromatic heterocycles. The number of aryl methyl sites for hydroxylation is 3. The van der Waals surface area contributed by atoms with Crippen LogP contribution < -0.4 is 5.63 Å². The predicted molar refractivity (Wildman–Crippen MR) is 116 cm³/mol. The Hall–Kier alpha value is -2.66. The van der Waals surface area contributed by atoms with Crippen LogP contribution in [0.2, 0.25) is 0 Å². The molecule has 0 atom stereocenters. The van der Waals surface area contributed by atoms with E-state index in [-0.39, 0.29) is 17.1 Å². The van der Waals surface area contributed by atoms with Crippen molar-refractivity contribution in [1.29, 1.82) is 0 Å². The van der Waals surface area contributed by atoms with E-state index >= 15 is 0 Å². The van der Waals surface area contributed by atoms with Crippen molar-refractivity contribution in [1.82, 2.24) is 4.90 Å². The largest absolute Gasteiger partial charge is 0.427 e. The van der Waals surface area contributed by atoms with Gasteiger partial charge in [-0.05, 0) is 56.7 Å². The molecule has 30 heavy (non-hydrogen) atoms. The molecule has 1 spiro atoms. The standard InChI is InChI=1S/C25H29NO4/c1-18-10-15-29-25(17-18)11-13-26(14-12-25)23(27)22-19(2)16-21(30-24(22)28)9-8-20-6-4-3-5-7-20/h3-7,16-17H,8-15H2,1-2H3. The number of likely N-dealkylation sites (tertiary alicyclic amines) is 1. The smallest absolute Gasteiger partial charge is 0.349 e. The third kappa shape index (κ3) is 4.41. The first-order valence-corrected chi connectivity index (χ1v) is 10.7.